The maximum atomic E-state index is 5.98. The third-order valence-corrected chi connectivity index (χ3v) is 2.18. The van der Waals surface area contributed by atoms with Gasteiger partial charge in [0.25, 0.3) is 0 Å². The molecule has 0 spiro atoms. The molecular weight excluding hydrogens is 190 g/mol. The highest BCUT2D eigenvalue weighted by Crippen LogP contribution is 2.28. The molecule has 0 saturated carbocycles. The van der Waals surface area contributed by atoms with Gasteiger partial charge in [-0.1, -0.05) is 17.7 Å². The lowest BCUT2D eigenvalue weighted by Crippen LogP contribution is -1.97. The van der Waals surface area contributed by atoms with Gasteiger partial charge in [0, 0.05) is 10.9 Å². The van der Waals surface area contributed by atoms with E-state index in [0.717, 1.165) is 16.5 Å². The van der Waals surface area contributed by atoms with Gasteiger partial charge < -0.3 is 4.42 Å². The Morgan fingerprint density at radius 3 is 3.08 bits per heavy atom. The Balaban J connectivity index is 2.64. The molecule has 4 heteroatoms. The van der Waals surface area contributed by atoms with Crippen molar-refractivity contribution in [2.75, 3.05) is 0 Å². The largest absolute Gasteiger partial charge is 0.464 e. The molecule has 13 heavy (non-hydrogen) atoms. The fourth-order valence-electron chi connectivity index (χ4n) is 1.30. The van der Waals surface area contributed by atoms with E-state index in [4.69, 9.17) is 21.9 Å². The van der Waals surface area contributed by atoms with Crippen molar-refractivity contribution < 1.29 is 9.25 Å². The Labute approximate surface area is 80.0 Å². The van der Waals surface area contributed by atoms with E-state index in [-0.39, 0.29) is 0 Å². The van der Waals surface area contributed by atoms with Crippen molar-refractivity contribution in [1.82, 2.24) is 0 Å². The summed E-state index contributed by atoms with van der Waals surface area (Å²) < 4.78 is 5.26. The molecule has 0 aliphatic heterocycles. The molecular formula is C9H8ClNO2. The van der Waals surface area contributed by atoms with Crippen molar-refractivity contribution in [3.63, 3.8) is 0 Å². The lowest BCUT2D eigenvalue weighted by Gasteiger charge is -1.96. The van der Waals surface area contributed by atoms with Gasteiger partial charge in [-0.05, 0) is 12.1 Å². The molecule has 2 rings (SSSR count). The maximum absolute atomic E-state index is 5.98. The van der Waals surface area contributed by atoms with Crippen LogP contribution in [0.25, 0.3) is 11.0 Å². The Morgan fingerprint density at radius 2 is 2.31 bits per heavy atom. The molecule has 0 fully saturated rings. The molecule has 0 saturated heterocycles. The Hall–Kier alpha value is -1.03. The number of hydrogen-bond donors (Lipinski definition) is 1. The smallest absolute Gasteiger partial charge is 0.135 e. The van der Waals surface area contributed by atoms with Gasteiger partial charge >= 0.3 is 0 Å². The summed E-state index contributed by atoms with van der Waals surface area (Å²) in [5, 5.41) is 1.52. The highest BCUT2D eigenvalue weighted by Gasteiger charge is 2.08. The van der Waals surface area contributed by atoms with Crippen molar-refractivity contribution in [3.05, 3.63) is 35.0 Å². The van der Waals surface area contributed by atoms with Crippen LogP contribution in [0, 0.1) is 0 Å². The molecule has 0 atom stereocenters. The maximum Gasteiger partial charge on any atom is 0.135 e. The first kappa shape index (κ1) is 8.56. The number of furan rings is 1. The van der Waals surface area contributed by atoms with Crippen LogP contribution >= 0.6 is 11.6 Å². The van der Waals surface area contributed by atoms with Crippen LogP contribution in [0.2, 0.25) is 5.02 Å². The summed E-state index contributed by atoms with van der Waals surface area (Å²) >= 11 is 5.98. The van der Waals surface area contributed by atoms with Crippen molar-refractivity contribution >= 4 is 22.6 Å². The minimum atomic E-state index is 0.302. The molecule has 0 aliphatic carbocycles. The highest BCUT2D eigenvalue weighted by molar-refractivity contribution is 6.35. The van der Waals surface area contributed by atoms with Crippen LogP contribution in [-0.4, -0.2) is 0 Å². The Morgan fingerprint density at radius 1 is 1.46 bits per heavy atom. The molecule has 0 bridgehead atoms. The summed E-state index contributed by atoms with van der Waals surface area (Å²) in [4.78, 5) is 4.53. The first-order valence-electron chi connectivity index (χ1n) is 3.79. The normalized spacial score (nSPS) is 10.9. The molecule has 0 amide bonds. The predicted octanol–water partition coefficient (Wildman–Crippen LogP) is 2.48. The van der Waals surface area contributed by atoms with Gasteiger partial charge in [0.1, 0.15) is 5.58 Å². The molecule has 3 nitrogen and oxygen atoms in total. The minimum Gasteiger partial charge on any atom is -0.464 e. The number of benzene rings is 1. The number of nitrogens with two attached hydrogens (primary N) is 1. The van der Waals surface area contributed by atoms with Crippen LogP contribution in [0.4, 0.5) is 0 Å². The molecule has 0 radical (unpaired) electrons. The highest BCUT2D eigenvalue weighted by atomic mass is 35.5. The van der Waals surface area contributed by atoms with Gasteiger partial charge in [0.05, 0.1) is 17.9 Å². The molecule has 68 valence electrons. The second-order valence-electron chi connectivity index (χ2n) is 2.68. The number of fused-ring (bicyclic) bond motifs is 1. The van der Waals surface area contributed by atoms with Crippen molar-refractivity contribution in [1.29, 1.82) is 0 Å². The van der Waals surface area contributed by atoms with Gasteiger partial charge in [0.15, 0.2) is 0 Å². The van der Waals surface area contributed by atoms with Gasteiger partial charge in [0.2, 0.25) is 0 Å². The first-order valence-corrected chi connectivity index (χ1v) is 4.17. The zero-order chi connectivity index (χ0) is 9.26. The van der Waals surface area contributed by atoms with Gasteiger partial charge in [-0.25, -0.2) is 5.90 Å². The SMILES string of the molecule is NOCc1coc2cccc(Cl)c12. The van der Waals surface area contributed by atoms with E-state index in [1.807, 2.05) is 12.1 Å². The summed E-state index contributed by atoms with van der Waals surface area (Å²) in [6.45, 7) is 0.302. The van der Waals surface area contributed by atoms with E-state index in [1.165, 1.54) is 0 Å². The van der Waals surface area contributed by atoms with E-state index in [2.05, 4.69) is 4.84 Å². The summed E-state index contributed by atoms with van der Waals surface area (Å²) in [6, 6.07) is 5.49. The predicted molar refractivity (Wildman–Crippen MR) is 50.2 cm³/mol. The topological polar surface area (TPSA) is 48.4 Å². The Kier molecular flexibility index (Phi) is 2.22. The van der Waals surface area contributed by atoms with Crippen LogP contribution in [-0.2, 0) is 11.4 Å². The average Bonchev–Trinajstić information content (AvgIpc) is 2.51. The third kappa shape index (κ3) is 1.42. The number of halogens is 1. The van der Waals surface area contributed by atoms with Gasteiger partial charge in [-0.2, -0.15) is 0 Å². The van der Waals surface area contributed by atoms with Crippen LogP contribution < -0.4 is 5.90 Å². The summed E-state index contributed by atoms with van der Waals surface area (Å²) in [7, 11) is 0. The second kappa shape index (κ2) is 3.38. The lowest BCUT2D eigenvalue weighted by atomic mass is 10.2. The standard InChI is InChI=1S/C9H8ClNO2/c10-7-2-1-3-8-9(7)6(4-12-8)5-13-11/h1-4H,5,11H2. The molecule has 1 aromatic heterocycles. The third-order valence-electron chi connectivity index (χ3n) is 1.86. The molecule has 0 unspecified atom stereocenters. The molecule has 1 heterocycles. The van der Waals surface area contributed by atoms with Crippen molar-refractivity contribution in [2.45, 2.75) is 6.61 Å². The van der Waals surface area contributed by atoms with E-state index < -0.39 is 0 Å². The van der Waals surface area contributed by atoms with E-state index in [9.17, 15) is 0 Å². The van der Waals surface area contributed by atoms with Crippen molar-refractivity contribution in [3.8, 4) is 0 Å². The molecule has 2 N–H and O–H groups in total. The fraction of sp³-hybridized carbons (Fsp3) is 0.111. The Bertz CT molecular complexity index is 424. The summed E-state index contributed by atoms with van der Waals surface area (Å²) in [6.07, 6.45) is 1.60. The molecule has 2 aromatic rings. The van der Waals surface area contributed by atoms with Crippen molar-refractivity contribution in [2.24, 2.45) is 5.90 Å². The fourth-order valence-corrected chi connectivity index (χ4v) is 1.59. The van der Waals surface area contributed by atoms with Gasteiger partial charge in [-0.15, -0.1) is 0 Å². The minimum absolute atomic E-state index is 0.302. The van der Waals surface area contributed by atoms with E-state index in [1.54, 1.807) is 12.3 Å². The van der Waals surface area contributed by atoms with Crippen LogP contribution in [0.3, 0.4) is 0 Å². The van der Waals surface area contributed by atoms with Gasteiger partial charge in [-0.3, -0.25) is 4.84 Å². The summed E-state index contributed by atoms with van der Waals surface area (Å²) in [5.74, 6) is 4.98. The second-order valence-corrected chi connectivity index (χ2v) is 3.09. The van der Waals surface area contributed by atoms with Crippen LogP contribution in [0.1, 0.15) is 5.56 Å². The monoisotopic (exact) mass is 197 g/mol. The zero-order valence-corrected chi connectivity index (χ0v) is 7.54. The number of rotatable bonds is 2. The number of hydrogen-bond acceptors (Lipinski definition) is 3. The van der Waals surface area contributed by atoms with E-state index in [0.29, 0.717) is 11.6 Å². The quantitative estimate of drug-likeness (QED) is 0.753. The van der Waals surface area contributed by atoms with Crippen LogP contribution in [0.5, 0.6) is 0 Å². The molecule has 1 aromatic carbocycles. The average molecular weight is 198 g/mol. The molecule has 0 aliphatic rings. The van der Waals surface area contributed by atoms with Crippen LogP contribution in [0.15, 0.2) is 28.9 Å². The zero-order valence-electron chi connectivity index (χ0n) is 6.79. The van der Waals surface area contributed by atoms with E-state index >= 15 is 0 Å². The lowest BCUT2D eigenvalue weighted by molar-refractivity contribution is 0.124. The first-order chi connectivity index (χ1) is 6.33. The summed E-state index contributed by atoms with van der Waals surface area (Å²) in [5.41, 5.74) is 1.61.